The Balaban J connectivity index is 0.00000242. The Labute approximate surface area is 135 Å². The maximum atomic E-state index is 10.7. The van der Waals surface area contributed by atoms with E-state index in [-0.39, 0.29) is 23.0 Å². The highest BCUT2D eigenvalue weighted by Gasteiger charge is 2.04. The summed E-state index contributed by atoms with van der Waals surface area (Å²) in [5, 5.41) is 14.0. The topological polar surface area (TPSA) is 64.4 Å². The van der Waals surface area contributed by atoms with Crippen molar-refractivity contribution in [3.05, 3.63) is 69.8 Å². The van der Waals surface area contributed by atoms with Crippen molar-refractivity contribution in [2.75, 3.05) is 13.7 Å². The molecule has 1 N–H and O–H groups in total. The van der Waals surface area contributed by atoms with Gasteiger partial charge in [-0.15, -0.1) is 12.4 Å². The standard InChI is InChI=1S/C16H18N2O3.ClH/c1-21-16-7-5-13(6-8-16)9-10-17-12-14-3-2-4-15(11-14)18(19)20;/h2-8,11,17H,9-10,12H2,1H3;1H. The third kappa shape index (κ3) is 5.35. The van der Waals surface area contributed by atoms with Crippen LogP contribution in [-0.4, -0.2) is 18.6 Å². The van der Waals surface area contributed by atoms with E-state index in [0.29, 0.717) is 6.54 Å². The van der Waals surface area contributed by atoms with Gasteiger partial charge < -0.3 is 10.1 Å². The minimum absolute atomic E-state index is 0. The Morgan fingerprint density at radius 3 is 2.50 bits per heavy atom. The molecule has 0 saturated heterocycles. The molecule has 0 aliphatic heterocycles. The molecule has 6 heteroatoms. The minimum atomic E-state index is -0.374. The van der Waals surface area contributed by atoms with Crippen LogP contribution in [0.2, 0.25) is 0 Å². The van der Waals surface area contributed by atoms with E-state index in [1.165, 1.54) is 11.6 Å². The van der Waals surface area contributed by atoms with Gasteiger partial charge in [-0.2, -0.15) is 0 Å². The lowest BCUT2D eigenvalue weighted by molar-refractivity contribution is -0.384. The monoisotopic (exact) mass is 322 g/mol. The van der Waals surface area contributed by atoms with Crippen molar-refractivity contribution < 1.29 is 9.66 Å². The predicted octanol–water partition coefficient (Wildman–Crippen LogP) is 3.36. The average molecular weight is 323 g/mol. The lowest BCUT2D eigenvalue weighted by atomic mass is 10.1. The molecule has 0 amide bonds. The van der Waals surface area contributed by atoms with Gasteiger partial charge in [0.25, 0.3) is 5.69 Å². The van der Waals surface area contributed by atoms with Crippen LogP contribution in [0.3, 0.4) is 0 Å². The molecular formula is C16H19ClN2O3. The van der Waals surface area contributed by atoms with Crippen molar-refractivity contribution in [1.29, 1.82) is 0 Å². The van der Waals surface area contributed by atoms with Crippen LogP contribution in [0.1, 0.15) is 11.1 Å². The van der Waals surface area contributed by atoms with Crippen molar-refractivity contribution >= 4 is 18.1 Å². The maximum absolute atomic E-state index is 10.7. The second kappa shape index (κ2) is 9.02. The van der Waals surface area contributed by atoms with Gasteiger partial charge in [-0.1, -0.05) is 24.3 Å². The molecule has 0 fully saturated rings. The quantitative estimate of drug-likeness (QED) is 0.482. The van der Waals surface area contributed by atoms with Crippen LogP contribution in [0.25, 0.3) is 0 Å². The van der Waals surface area contributed by atoms with E-state index in [1.54, 1.807) is 19.2 Å². The van der Waals surface area contributed by atoms with Crippen LogP contribution in [0.4, 0.5) is 5.69 Å². The fraction of sp³-hybridized carbons (Fsp3) is 0.250. The van der Waals surface area contributed by atoms with Crippen molar-refractivity contribution in [1.82, 2.24) is 5.32 Å². The smallest absolute Gasteiger partial charge is 0.269 e. The van der Waals surface area contributed by atoms with Crippen LogP contribution in [0, 0.1) is 10.1 Å². The molecule has 2 rings (SSSR count). The van der Waals surface area contributed by atoms with E-state index in [2.05, 4.69) is 5.32 Å². The lowest BCUT2D eigenvalue weighted by Crippen LogP contribution is -2.16. The first kappa shape index (κ1) is 17.9. The second-order valence-corrected chi connectivity index (χ2v) is 4.70. The molecule has 22 heavy (non-hydrogen) atoms. The number of hydrogen-bond acceptors (Lipinski definition) is 4. The van der Waals surface area contributed by atoms with Crippen LogP contribution in [0.5, 0.6) is 5.75 Å². The fourth-order valence-corrected chi connectivity index (χ4v) is 2.04. The minimum Gasteiger partial charge on any atom is -0.497 e. The van der Waals surface area contributed by atoms with Crippen molar-refractivity contribution in [2.24, 2.45) is 0 Å². The van der Waals surface area contributed by atoms with E-state index in [9.17, 15) is 10.1 Å². The molecule has 0 heterocycles. The van der Waals surface area contributed by atoms with E-state index in [0.717, 1.165) is 24.3 Å². The first-order valence-corrected chi connectivity index (χ1v) is 6.76. The van der Waals surface area contributed by atoms with Gasteiger partial charge in [0.15, 0.2) is 0 Å². The molecular weight excluding hydrogens is 304 g/mol. The first-order chi connectivity index (χ1) is 10.2. The van der Waals surface area contributed by atoms with E-state index in [4.69, 9.17) is 4.74 Å². The van der Waals surface area contributed by atoms with Crippen molar-refractivity contribution in [3.63, 3.8) is 0 Å². The molecule has 0 radical (unpaired) electrons. The summed E-state index contributed by atoms with van der Waals surface area (Å²) in [6, 6.07) is 14.6. The highest BCUT2D eigenvalue weighted by molar-refractivity contribution is 5.85. The zero-order chi connectivity index (χ0) is 15.1. The van der Waals surface area contributed by atoms with Crippen LogP contribution in [-0.2, 0) is 13.0 Å². The maximum Gasteiger partial charge on any atom is 0.269 e. The SMILES string of the molecule is COc1ccc(CCNCc2cccc([N+](=O)[O-])c2)cc1.Cl. The third-order valence-electron chi connectivity index (χ3n) is 3.20. The van der Waals surface area contributed by atoms with Crippen LogP contribution < -0.4 is 10.1 Å². The largest absolute Gasteiger partial charge is 0.497 e. The van der Waals surface area contributed by atoms with Gasteiger partial charge in [-0.25, -0.2) is 0 Å². The lowest BCUT2D eigenvalue weighted by Gasteiger charge is -2.06. The number of nitrogens with zero attached hydrogens (tertiary/aromatic N) is 1. The highest BCUT2D eigenvalue weighted by Crippen LogP contribution is 2.13. The zero-order valence-corrected chi connectivity index (χ0v) is 13.1. The van der Waals surface area contributed by atoms with Gasteiger partial charge in [-0.05, 0) is 36.2 Å². The number of rotatable bonds is 7. The summed E-state index contributed by atoms with van der Waals surface area (Å²) >= 11 is 0. The molecule has 0 spiro atoms. The number of ether oxygens (including phenoxy) is 1. The number of hydrogen-bond donors (Lipinski definition) is 1. The first-order valence-electron chi connectivity index (χ1n) is 6.76. The van der Waals surface area contributed by atoms with Gasteiger partial charge in [0.1, 0.15) is 5.75 Å². The summed E-state index contributed by atoms with van der Waals surface area (Å²) in [4.78, 5) is 10.3. The summed E-state index contributed by atoms with van der Waals surface area (Å²) in [7, 11) is 1.65. The van der Waals surface area contributed by atoms with Crippen molar-refractivity contribution in [3.8, 4) is 5.75 Å². The van der Waals surface area contributed by atoms with Gasteiger partial charge in [0.2, 0.25) is 0 Å². The number of methoxy groups -OCH3 is 1. The summed E-state index contributed by atoms with van der Waals surface area (Å²) in [5.41, 5.74) is 2.27. The molecule has 0 unspecified atom stereocenters. The highest BCUT2D eigenvalue weighted by atomic mass is 35.5. The third-order valence-corrected chi connectivity index (χ3v) is 3.20. The Kier molecular flexibility index (Phi) is 7.36. The molecule has 0 aromatic heterocycles. The number of nitrogens with one attached hydrogen (secondary N) is 1. The number of halogens is 1. The summed E-state index contributed by atoms with van der Waals surface area (Å²) in [5.74, 6) is 0.850. The Morgan fingerprint density at radius 1 is 1.14 bits per heavy atom. The number of nitro groups is 1. The number of nitro benzene ring substituents is 1. The molecule has 5 nitrogen and oxygen atoms in total. The van der Waals surface area contributed by atoms with Gasteiger partial charge in [0.05, 0.1) is 12.0 Å². The molecule has 2 aromatic rings. The van der Waals surface area contributed by atoms with E-state index in [1.807, 2.05) is 30.3 Å². The zero-order valence-electron chi connectivity index (χ0n) is 12.3. The Morgan fingerprint density at radius 2 is 1.86 bits per heavy atom. The van der Waals surface area contributed by atoms with Gasteiger partial charge in [-0.3, -0.25) is 10.1 Å². The predicted molar refractivity (Wildman–Crippen MR) is 88.7 cm³/mol. The van der Waals surface area contributed by atoms with E-state index >= 15 is 0 Å². The van der Waals surface area contributed by atoms with E-state index < -0.39 is 0 Å². The molecule has 2 aromatic carbocycles. The Hall–Kier alpha value is -2.11. The molecule has 0 aliphatic rings. The second-order valence-electron chi connectivity index (χ2n) is 4.70. The summed E-state index contributed by atoms with van der Waals surface area (Å²) in [6.45, 7) is 1.44. The molecule has 0 bridgehead atoms. The molecule has 118 valence electrons. The fourth-order valence-electron chi connectivity index (χ4n) is 2.04. The molecule has 0 saturated carbocycles. The molecule has 0 aliphatic carbocycles. The molecule has 0 atom stereocenters. The van der Waals surface area contributed by atoms with Gasteiger partial charge in [0, 0.05) is 18.7 Å². The summed E-state index contributed by atoms with van der Waals surface area (Å²) in [6.07, 6.45) is 0.902. The Bertz CT molecular complexity index is 603. The van der Waals surface area contributed by atoms with Crippen LogP contribution in [0.15, 0.2) is 48.5 Å². The van der Waals surface area contributed by atoms with Gasteiger partial charge >= 0.3 is 0 Å². The summed E-state index contributed by atoms with van der Waals surface area (Å²) < 4.78 is 5.11. The number of benzene rings is 2. The normalized spacial score (nSPS) is 9.86. The van der Waals surface area contributed by atoms with Crippen LogP contribution >= 0.6 is 12.4 Å². The number of non-ortho nitro benzene ring substituents is 1. The average Bonchev–Trinajstić information content (AvgIpc) is 2.52. The van der Waals surface area contributed by atoms with Crippen molar-refractivity contribution in [2.45, 2.75) is 13.0 Å².